The molecule has 0 rings (SSSR count). The maximum atomic E-state index is 13.0. The molecular formula is C72H140O17P2. The van der Waals surface area contributed by atoms with Crippen LogP contribution in [0.3, 0.4) is 0 Å². The van der Waals surface area contributed by atoms with Gasteiger partial charge in [0.2, 0.25) is 0 Å². The number of unbranched alkanes of at least 4 members (excludes halogenated alkanes) is 34. The Morgan fingerprint density at radius 2 is 0.527 bits per heavy atom. The van der Waals surface area contributed by atoms with E-state index in [1.165, 1.54) is 161 Å². The second-order valence-electron chi connectivity index (χ2n) is 27.6. The Morgan fingerprint density at radius 1 is 0.308 bits per heavy atom. The molecule has 0 heterocycles. The smallest absolute Gasteiger partial charge is 0.462 e. The molecular weight excluding hydrogens is 1200 g/mol. The van der Waals surface area contributed by atoms with Crippen molar-refractivity contribution in [2.75, 3.05) is 39.6 Å². The van der Waals surface area contributed by atoms with Crippen molar-refractivity contribution < 1.29 is 80.2 Å². The van der Waals surface area contributed by atoms with Crippen LogP contribution in [-0.2, 0) is 65.4 Å². The Morgan fingerprint density at radius 3 is 0.780 bits per heavy atom. The molecule has 0 saturated heterocycles. The van der Waals surface area contributed by atoms with E-state index in [-0.39, 0.29) is 25.7 Å². The third-order valence-corrected chi connectivity index (χ3v) is 18.8. The number of esters is 4. The first-order chi connectivity index (χ1) is 43.6. The summed E-state index contributed by atoms with van der Waals surface area (Å²) in [5.41, 5.74) is 0. The molecule has 19 heteroatoms. The van der Waals surface area contributed by atoms with Gasteiger partial charge < -0.3 is 33.8 Å². The van der Waals surface area contributed by atoms with E-state index in [4.69, 9.17) is 37.0 Å². The number of aliphatic hydroxyl groups is 1. The molecule has 6 atom stereocenters. The molecule has 4 unspecified atom stereocenters. The number of hydrogen-bond acceptors (Lipinski definition) is 15. The lowest BCUT2D eigenvalue weighted by Gasteiger charge is -2.21. The number of phosphoric ester groups is 2. The van der Waals surface area contributed by atoms with Crippen molar-refractivity contribution in [3.05, 3.63) is 0 Å². The largest absolute Gasteiger partial charge is 0.472 e. The normalized spacial score (nSPS) is 14.5. The van der Waals surface area contributed by atoms with Crippen LogP contribution in [0.4, 0.5) is 0 Å². The number of carbonyl (C=O) groups is 4. The molecule has 0 aliphatic carbocycles. The number of rotatable bonds is 69. The summed E-state index contributed by atoms with van der Waals surface area (Å²) in [5, 5.41) is 10.6. The molecule has 3 N–H and O–H groups in total. The lowest BCUT2D eigenvalue weighted by molar-refractivity contribution is -0.161. The fourth-order valence-electron chi connectivity index (χ4n) is 10.8. The summed E-state index contributed by atoms with van der Waals surface area (Å²) in [6.45, 7) is 14.1. The van der Waals surface area contributed by atoms with Gasteiger partial charge in [0.15, 0.2) is 12.2 Å². The number of carbonyl (C=O) groups excluding carboxylic acids is 4. The summed E-state index contributed by atoms with van der Waals surface area (Å²) in [4.78, 5) is 72.7. The van der Waals surface area contributed by atoms with Crippen molar-refractivity contribution >= 4 is 39.5 Å². The molecule has 0 aromatic heterocycles. The summed E-state index contributed by atoms with van der Waals surface area (Å²) >= 11 is 0. The Balaban J connectivity index is 5.27. The number of phosphoric acid groups is 2. The zero-order chi connectivity index (χ0) is 67.5. The predicted octanol–water partition coefficient (Wildman–Crippen LogP) is 20.5. The molecule has 0 aliphatic heterocycles. The van der Waals surface area contributed by atoms with E-state index in [1.54, 1.807) is 0 Å². The monoisotopic (exact) mass is 1340 g/mol. The van der Waals surface area contributed by atoms with E-state index in [0.29, 0.717) is 25.7 Å². The van der Waals surface area contributed by atoms with Gasteiger partial charge in [0.05, 0.1) is 26.4 Å². The Hall–Kier alpha value is -1.94. The highest BCUT2D eigenvalue weighted by atomic mass is 31.2. The predicted molar refractivity (Wildman–Crippen MR) is 367 cm³/mol. The van der Waals surface area contributed by atoms with Crippen LogP contribution in [0.5, 0.6) is 0 Å². The van der Waals surface area contributed by atoms with Crippen molar-refractivity contribution in [3.8, 4) is 0 Å². The van der Waals surface area contributed by atoms with Crippen LogP contribution in [0.15, 0.2) is 0 Å². The van der Waals surface area contributed by atoms with Crippen molar-refractivity contribution in [1.29, 1.82) is 0 Å². The number of ether oxygens (including phenoxy) is 4. The average Bonchev–Trinajstić information content (AvgIpc) is 3.72. The van der Waals surface area contributed by atoms with Crippen molar-refractivity contribution in [2.24, 2.45) is 23.7 Å². The first kappa shape index (κ1) is 89.1. The van der Waals surface area contributed by atoms with Crippen LogP contribution in [0.25, 0.3) is 0 Å². The van der Waals surface area contributed by atoms with E-state index < -0.39 is 97.5 Å². The quantitative estimate of drug-likeness (QED) is 0.0222. The summed E-state index contributed by atoms with van der Waals surface area (Å²) in [6.07, 6.45) is 44.3. The van der Waals surface area contributed by atoms with Crippen LogP contribution in [0, 0.1) is 23.7 Å². The molecule has 0 amide bonds. The average molecular weight is 1340 g/mol. The molecule has 0 saturated carbocycles. The molecule has 540 valence electrons. The molecule has 91 heavy (non-hydrogen) atoms. The van der Waals surface area contributed by atoms with Crippen LogP contribution in [0.1, 0.15) is 357 Å². The summed E-state index contributed by atoms with van der Waals surface area (Å²) in [6, 6.07) is 0. The van der Waals surface area contributed by atoms with Crippen LogP contribution < -0.4 is 0 Å². The highest BCUT2D eigenvalue weighted by molar-refractivity contribution is 7.47. The van der Waals surface area contributed by atoms with Crippen molar-refractivity contribution in [1.82, 2.24) is 0 Å². The topological polar surface area (TPSA) is 237 Å². The first-order valence-electron chi connectivity index (χ1n) is 37.2. The number of aliphatic hydroxyl groups excluding tert-OH is 1. The Kier molecular flexibility index (Phi) is 60.3. The fourth-order valence-corrected chi connectivity index (χ4v) is 12.4. The minimum atomic E-state index is -4.95. The molecule has 0 bridgehead atoms. The van der Waals surface area contributed by atoms with Crippen LogP contribution in [-0.4, -0.2) is 96.7 Å². The molecule has 0 aliphatic rings. The van der Waals surface area contributed by atoms with Gasteiger partial charge in [-0.1, -0.05) is 306 Å². The van der Waals surface area contributed by atoms with Gasteiger partial charge in [0.1, 0.15) is 19.3 Å². The Labute approximate surface area is 556 Å². The second-order valence-corrected chi connectivity index (χ2v) is 30.6. The summed E-state index contributed by atoms with van der Waals surface area (Å²) in [5.74, 6) is 0.905. The van der Waals surface area contributed by atoms with Gasteiger partial charge in [-0.05, 0) is 49.4 Å². The van der Waals surface area contributed by atoms with Gasteiger partial charge in [-0.25, -0.2) is 9.13 Å². The van der Waals surface area contributed by atoms with E-state index in [0.717, 1.165) is 114 Å². The standard InChI is InChI=1S/C72H140O17P2/c1-9-65(8)51-43-35-27-21-23-31-39-47-55-72(77)89-68(58-82-69(74)52-44-36-28-18-14-10-12-16-24-32-40-48-62(2)3)61-87-91(80,81)85-57-66(73)56-84-90(78,79)86-60-67(59-83-70(75)53-45-37-29-22-20-26-34-42-50-64(6)7)88-71(76)54-46-38-30-19-15-11-13-17-25-33-41-49-63(4)5/h62-68,73H,9-61H2,1-8H3,(H,78,79)(H,80,81)/t65?,66?,67-,68-/m1/s1. The molecule has 0 spiro atoms. The molecule has 0 aromatic carbocycles. The van der Waals surface area contributed by atoms with Crippen LogP contribution in [0.2, 0.25) is 0 Å². The molecule has 17 nitrogen and oxygen atoms in total. The zero-order valence-electron chi connectivity index (χ0n) is 59.5. The maximum absolute atomic E-state index is 13.0. The zero-order valence-corrected chi connectivity index (χ0v) is 61.3. The fraction of sp³-hybridized carbons (Fsp3) is 0.944. The highest BCUT2D eigenvalue weighted by Crippen LogP contribution is 2.45. The third-order valence-electron chi connectivity index (χ3n) is 16.9. The number of hydrogen-bond donors (Lipinski definition) is 3. The highest BCUT2D eigenvalue weighted by Gasteiger charge is 2.30. The van der Waals surface area contributed by atoms with Crippen molar-refractivity contribution in [3.63, 3.8) is 0 Å². The van der Waals surface area contributed by atoms with E-state index in [2.05, 4.69) is 55.4 Å². The molecule has 0 radical (unpaired) electrons. The van der Waals surface area contributed by atoms with Gasteiger partial charge in [0, 0.05) is 25.7 Å². The Bertz CT molecular complexity index is 1800. The van der Waals surface area contributed by atoms with Gasteiger partial charge in [-0.3, -0.25) is 37.3 Å². The second kappa shape index (κ2) is 61.6. The van der Waals surface area contributed by atoms with Crippen molar-refractivity contribution in [2.45, 2.75) is 375 Å². The lowest BCUT2D eigenvalue weighted by Crippen LogP contribution is -2.30. The van der Waals surface area contributed by atoms with Crippen LogP contribution >= 0.6 is 15.6 Å². The lowest BCUT2D eigenvalue weighted by atomic mass is 9.99. The third kappa shape index (κ3) is 65.1. The van der Waals surface area contributed by atoms with E-state index in [9.17, 15) is 43.2 Å². The van der Waals surface area contributed by atoms with Gasteiger partial charge in [-0.2, -0.15) is 0 Å². The van der Waals surface area contributed by atoms with E-state index >= 15 is 0 Å². The maximum Gasteiger partial charge on any atom is 0.472 e. The SMILES string of the molecule is CCC(C)CCCCCCCCCCC(=O)O[C@H](COC(=O)CCCCCCCCCCCCCC(C)C)COP(=O)(O)OCC(O)COP(=O)(O)OC[C@@H](COC(=O)CCCCCCCCCCC(C)C)OC(=O)CCCCCCCCCCCCCC(C)C. The summed E-state index contributed by atoms with van der Waals surface area (Å²) in [7, 11) is -9.91. The first-order valence-corrected chi connectivity index (χ1v) is 40.2. The minimum absolute atomic E-state index is 0.104. The molecule has 0 fully saturated rings. The summed E-state index contributed by atoms with van der Waals surface area (Å²) < 4.78 is 68.4. The minimum Gasteiger partial charge on any atom is -0.462 e. The van der Waals surface area contributed by atoms with Gasteiger partial charge in [-0.15, -0.1) is 0 Å². The molecule has 0 aromatic rings. The van der Waals surface area contributed by atoms with Gasteiger partial charge >= 0.3 is 39.5 Å². The van der Waals surface area contributed by atoms with Gasteiger partial charge in [0.25, 0.3) is 0 Å². The van der Waals surface area contributed by atoms with E-state index in [1.807, 2.05) is 0 Å².